The number of halogens is 3. The number of ether oxygens (including phenoxy) is 1. The normalized spacial score (nSPS) is 23.5. The number of methoxy groups -OCH3 is 1. The van der Waals surface area contributed by atoms with Crippen molar-refractivity contribution in [2.75, 3.05) is 12.4 Å². The molecule has 2 atom stereocenters. The highest BCUT2D eigenvalue weighted by Crippen LogP contribution is 2.53. The molecule has 120 valence electrons. The summed E-state index contributed by atoms with van der Waals surface area (Å²) in [4.78, 5) is 11.7. The van der Waals surface area contributed by atoms with E-state index < -0.39 is 10.9 Å². The summed E-state index contributed by atoms with van der Waals surface area (Å²) in [7, 11) is 1.37. The molecule has 1 saturated carbocycles. The zero-order valence-electron chi connectivity index (χ0n) is 12.2. The minimum absolute atomic E-state index is 0.0568. The zero-order valence-corrected chi connectivity index (χ0v) is 13.0. The third-order valence-corrected chi connectivity index (χ3v) is 4.03. The number of nitrogens with one attached hydrogen (secondary N) is 1. The van der Waals surface area contributed by atoms with Crippen LogP contribution in [-0.4, -0.2) is 18.1 Å². The van der Waals surface area contributed by atoms with Crippen molar-refractivity contribution in [1.29, 1.82) is 0 Å². The number of hydrogen-bond donors (Lipinski definition) is 1. The van der Waals surface area contributed by atoms with Gasteiger partial charge in [0.25, 0.3) is 0 Å². The van der Waals surface area contributed by atoms with Crippen molar-refractivity contribution in [3.8, 4) is 5.75 Å². The van der Waals surface area contributed by atoms with Crippen molar-refractivity contribution in [2.45, 2.75) is 30.8 Å². The number of amides is 1. The van der Waals surface area contributed by atoms with Gasteiger partial charge in [-0.1, -0.05) is 17.7 Å². The molecule has 0 aromatic heterocycles. The molecule has 1 N–H and O–H groups in total. The van der Waals surface area contributed by atoms with Gasteiger partial charge in [-0.25, -0.2) is 8.78 Å². The molecule has 0 radical (unpaired) electrons. The van der Waals surface area contributed by atoms with Crippen LogP contribution in [0.1, 0.15) is 25.7 Å². The lowest BCUT2D eigenvalue weighted by molar-refractivity contribution is -0.111. The number of unbranched alkanes of at least 4 members (excludes halogenated alkanes) is 1. The van der Waals surface area contributed by atoms with Crippen LogP contribution in [0.25, 0.3) is 0 Å². The third kappa shape index (κ3) is 4.70. The fourth-order valence-electron chi connectivity index (χ4n) is 2.18. The quantitative estimate of drug-likeness (QED) is 0.457. The first-order valence-corrected chi connectivity index (χ1v) is 7.49. The molecule has 1 fully saturated rings. The van der Waals surface area contributed by atoms with Gasteiger partial charge < -0.3 is 10.1 Å². The molecule has 1 amide bonds. The van der Waals surface area contributed by atoms with Crippen LogP contribution in [0.15, 0.2) is 30.4 Å². The Hall–Kier alpha value is -1.62. The number of allylic oxidation sites excluding steroid dienone is 1. The minimum atomic E-state index is -1.50. The lowest BCUT2D eigenvalue weighted by Crippen LogP contribution is -2.08. The van der Waals surface area contributed by atoms with Crippen LogP contribution in [0.3, 0.4) is 0 Å². The van der Waals surface area contributed by atoms with Crippen LogP contribution in [0.5, 0.6) is 5.75 Å². The predicted octanol–water partition coefficient (Wildman–Crippen LogP) is 4.42. The molecule has 0 bridgehead atoms. The number of rotatable bonds is 7. The zero-order chi connectivity index (χ0) is 16.2. The minimum Gasteiger partial charge on any atom is -0.494 e. The number of alkyl halides is 2. The van der Waals surface area contributed by atoms with E-state index in [1.54, 1.807) is 12.1 Å². The second-order valence-electron chi connectivity index (χ2n) is 5.33. The van der Waals surface area contributed by atoms with E-state index in [4.69, 9.17) is 16.3 Å². The summed E-state index contributed by atoms with van der Waals surface area (Å²) < 4.78 is 31.3. The average Bonchev–Trinajstić information content (AvgIpc) is 3.06. The lowest BCUT2D eigenvalue weighted by atomic mass is 10.1. The first-order valence-electron chi connectivity index (χ1n) is 7.11. The summed E-state index contributed by atoms with van der Waals surface area (Å²) in [5.74, 6) is -0.812. The topological polar surface area (TPSA) is 38.3 Å². The Balaban J connectivity index is 1.71. The summed E-state index contributed by atoms with van der Waals surface area (Å²) >= 11 is 5.51. The monoisotopic (exact) mass is 329 g/mol. The molecule has 2 unspecified atom stereocenters. The number of carbonyl (C=O) groups is 1. The van der Waals surface area contributed by atoms with Gasteiger partial charge >= 0.3 is 0 Å². The molecule has 1 aromatic carbocycles. The molecule has 0 saturated heterocycles. The van der Waals surface area contributed by atoms with Crippen molar-refractivity contribution in [3.63, 3.8) is 0 Å². The highest BCUT2D eigenvalue weighted by atomic mass is 35.5. The molecule has 2 rings (SSSR count). The summed E-state index contributed by atoms with van der Waals surface area (Å²) in [5, 5.41) is 1.06. The van der Waals surface area contributed by atoms with Crippen LogP contribution in [-0.2, 0) is 4.79 Å². The van der Waals surface area contributed by atoms with E-state index >= 15 is 0 Å². The molecule has 6 heteroatoms. The lowest BCUT2D eigenvalue weighted by Gasteiger charge is -2.05. The van der Waals surface area contributed by atoms with Crippen LogP contribution in [0, 0.1) is 11.7 Å². The van der Waals surface area contributed by atoms with Gasteiger partial charge in [0.15, 0.2) is 16.7 Å². The number of carbonyl (C=O) groups excluding carboxylic acids is 1. The Morgan fingerprint density at radius 1 is 1.59 bits per heavy atom. The fourth-order valence-corrected chi connectivity index (χ4v) is 2.48. The Morgan fingerprint density at radius 2 is 2.32 bits per heavy atom. The third-order valence-electron chi connectivity index (χ3n) is 3.57. The van der Waals surface area contributed by atoms with Gasteiger partial charge in [0.05, 0.1) is 7.11 Å². The molecule has 0 aliphatic heterocycles. The van der Waals surface area contributed by atoms with Gasteiger partial charge in [0.1, 0.15) is 0 Å². The SMILES string of the molecule is COc1ccc(NC(=O)/C=C/CCCC2CC2(F)Cl)cc1F. The van der Waals surface area contributed by atoms with Crippen molar-refractivity contribution >= 4 is 23.2 Å². The first kappa shape index (κ1) is 16.7. The first-order chi connectivity index (χ1) is 10.4. The summed E-state index contributed by atoms with van der Waals surface area (Å²) in [6.07, 6.45) is 5.69. The van der Waals surface area contributed by atoms with E-state index in [9.17, 15) is 13.6 Å². The molecular formula is C16H18ClF2NO2. The molecular weight excluding hydrogens is 312 g/mol. The molecule has 0 spiro atoms. The largest absolute Gasteiger partial charge is 0.494 e. The Bertz CT molecular complexity index is 575. The van der Waals surface area contributed by atoms with Gasteiger partial charge in [0.2, 0.25) is 5.91 Å². The summed E-state index contributed by atoms with van der Waals surface area (Å²) in [5.41, 5.74) is 0.357. The standard InChI is InChI=1S/C16H18ClF2NO2/c1-22-14-8-7-12(9-13(14)18)20-15(21)6-4-2-3-5-11-10-16(11,17)19/h4,6-9,11H,2-3,5,10H2,1H3,(H,20,21)/b6-4+. The van der Waals surface area contributed by atoms with Crippen LogP contribution >= 0.6 is 11.6 Å². The molecule has 0 heterocycles. The fraction of sp³-hybridized carbons (Fsp3) is 0.438. The maximum Gasteiger partial charge on any atom is 0.248 e. The van der Waals surface area contributed by atoms with Crippen molar-refractivity contribution in [3.05, 3.63) is 36.2 Å². The van der Waals surface area contributed by atoms with Crippen LogP contribution < -0.4 is 10.1 Å². The number of anilines is 1. The number of hydrogen-bond acceptors (Lipinski definition) is 2. The highest BCUT2D eigenvalue weighted by Gasteiger charge is 2.53. The molecule has 3 nitrogen and oxygen atoms in total. The molecule has 22 heavy (non-hydrogen) atoms. The summed E-state index contributed by atoms with van der Waals surface area (Å²) in [6.45, 7) is 0. The van der Waals surface area contributed by atoms with Gasteiger partial charge in [-0.3, -0.25) is 4.79 Å². The van der Waals surface area contributed by atoms with Gasteiger partial charge in [-0.15, -0.1) is 0 Å². The Kier molecular flexibility index (Phi) is 5.40. The van der Waals surface area contributed by atoms with E-state index in [1.807, 2.05) is 0 Å². The Morgan fingerprint density at radius 3 is 2.91 bits per heavy atom. The molecule has 1 aromatic rings. The van der Waals surface area contributed by atoms with Gasteiger partial charge in [0, 0.05) is 24.1 Å². The number of benzene rings is 1. The smallest absolute Gasteiger partial charge is 0.248 e. The second kappa shape index (κ2) is 7.09. The molecule has 1 aliphatic rings. The van der Waals surface area contributed by atoms with Crippen LogP contribution in [0.4, 0.5) is 14.5 Å². The van der Waals surface area contributed by atoms with Crippen molar-refractivity contribution < 1.29 is 18.3 Å². The van der Waals surface area contributed by atoms with Crippen molar-refractivity contribution in [2.24, 2.45) is 5.92 Å². The van der Waals surface area contributed by atoms with E-state index in [0.29, 0.717) is 18.5 Å². The van der Waals surface area contributed by atoms with E-state index in [1.165, 1.54) is 25.3 Å². The van der Waals surface area contributed by atoms with Gasteiger partial charge in [-0.2, -0.15) is 0 Å². The predicted molar refractivity (Wildman–Crippen MR) is 82.4 cm³/mol. The second-order valence-corrected chi connectivity index (χ2v) is 5.96. The van der Waals surface area contributed by atoms with E-state index in [2.05, 4.69) is 5.32 Å². The molecule has 1 aliphatic carbocycles. The Labute approximate surface area is 133 Å². The van der Waals surface area contributed by atoms with E-state index in [0.717, 1.165) is 12.8 Å². The van der Waals surface area contributed by atoms with E-state index in [-0.39, 0.29) is 17.6 Å². The average molecular weight is 330 g/mol. The highest BCUT2D eigenvalue weighted by molar-refractivity contribution is 6.24. The summed E-state index contributed by atoms with van der Waals surface area (Å²) in [6, 6.07) is 4.20. The maximum atomic E-state index is 13.5. The maximum absolute atomic E-state index is 13.5. The van der Waals surface area contributed by atoms with Gasteiger partial charge in [-0.05, 0) is 37.5 Å². The van der Waals surface area contributed by atoms with Crippen LogP contribution in [0.2, 0.25) is 0 Å². The van der Waals surface area contributed by atoms with Crippen molar-refractivity contribution in [1.82, 2.24) is 0 Å².